The van der Waals surface area contributed by atoms with Gasteiger partial charge >= 0.3 is 11.9 Å². The second-order valence-electron chi connectivity index (χ2n) is 11.7. The zero-order valence-corrected chi connectivity index (χ0v) is 27.4. The summed E-state index contributed by atoms with van der Waals surface area (Å²) >= 11 is 0. The summed E-state index contributed by atoms with van der Waals surface area (Å²) in [6, 6.07) is 5.86. The van der Waals surface area contributed by atoms with Crippen molar-refractivity contribution < 1.29 is 24.2 Å². The predicted octanol–water partition coefficient (Wildman–Crippen LogP) is 9.12. The third-order valence-electron chi connectivity index (χ3n) is 8.78. The molecule has 0 aliphatic carbocycles. The first-order chi connectivity index (χ1) is 20.3. The highest BCUT2D eigenvalue weighted by atomic mass is 16.5. The number of ether oxygens (including phenoxy) is 2. The second-order valence-corrected chi connectivity index (χ2v) is 11.7. The average Bonchev–Trinajstić information content (AvgIpc) is 2.98. The van der Waals surface area contributed by atoms with Crippen LogP contribution in [0.25, 0.3) is 5.57 Å². The molecule has 1 aromatic rings. The maximum atomic E-state index is 12.8. The molecule has 6 nitrogen and oxygen atoms in total. The molecule has 6 heteroatoms. The molecule has 1 aliphatic heterocycles. The number of rotatable bonds is 20. The third-order valence-corrected chi connectivity index (χ3v) is 8.78. The van der Waals surface area contributed by atoms with Gasteiger partial charge in [0.2, 0.25) is 0 Å². The molecule has 2 rings (SSSR count). The highest BCUT2D eigenvalue weighted by Gasteiger charge is 2.37. The van der Waals surface area contributed by atoms with Crippen LogP contribution in [0.5, 0.6) is 5.75 Å². The van der Waals surface area contributed by atoms with Crippen LogP contribution in [-0.2, 0) is 20.7 Å². The highest BCUT2D eigenvalue weighted by Crippen LogP contribution is 2.45. The minimum Gasteiger partial charge on any atom is -0.496 e. The average molecular weight is 584 g/mol. The van der Waals surface area contributed by atoms with E-state index in [4.69, 9.17) is 9.47 Å². The molecule has 1 aliphatic rings. The predicted molar refractivity (Wildman–Crippen MR) is 173 cm³/mol. The lowest BCUT2D eigenvalue weighted by Crippen LogP contribution is -2.45. The number of carboxylic acids is 1. The smallest absolute Gasteiger partial charge is 0.394 e. The molecule has 1 atom stereocenters. The van der Waals surface area contributed by atoms with E-state index in [2.05, 4.69) is 26.0 Å². The van der Waals surface area contributed by atoms with E-state index in [1.807, 2.05) is 19.9 Å². The number of nitrogens with zero attached hydrogens (tertiary/aromatic N) is 1. The van der Waals surface area contributed by atoms with Gasteiger partial charge in [-0.15, -0.1) is 0 Å². The van der Waals surface area contributed by atoms with Crippen LogP contribution in [-0.4, -0.2) is 48.8 Å². The van der Waals surface area contributed by atoms with Gasteiger partial charge in [-0.2, -0.15) is 0 Å². The second kappa shape index (κ2) is 19.6. The monoisotopic (exact) mass is 583 g/mol. The largest absolute Gasteiger partial charge is 0.496 e. The van der Waals surface area contributed by atoms with Gasteiger partial charge in [-0.3, -0.25) is 9.69 Å². The van der Waals surface area contributed by atoms with Crippen LogP contribution in [0.2, 0.25) is 0 Å². The van der Waals surface area contributed by atoms with Crippen LogP contribution in [0.15, 0.2) is 35.0 Å². The van der Waals surface area contributed by atoms with Crippen molar-refractivity contribution in [2.45, 2.75) is 136 Å². The number of aryl methyl sites for hydroxylation is 1. The standard InChI is InChI=1S/C36H57NO5/c1-7-9-10-11-12-13-14-15-16-17-18-19-20-22-29-23-21-24-32(42-6)33(29)34-30(8-2)27(3)37(35(38)36(39)40)28(4)31(34)25-26-41-5/h21,23-24,28H,7-20,22,25-26H2,1-6H3,(H,39,40). The van der Waals surface area contributed by atoms with Crippen LogP contribution in [0.1, 0.15) is 135 Å². The van der Waals surface area contributed by atoms with Gasteiger partial charge in [-0.05, 0) is 67.9 Å². The number of carbonyl (C=O) groups is 2. The molecule has 0 aromatic heterocycles. The molecule has 0 saturated heterocycles. The summed E-state index contributed by atoms with van der Waals surface area (Å²) < 4.78 is 11.4. The molecule has 1 aromatic carbocycles. The highest BCUT2D eigenvalue weighted by molar-refractivity contribution is 6.32. The van der Waals surface area contributed by atoms with Gasteiger partial charge in [0.05, 0.1) is 19.8 Å². The fourth-order valence-electron chi connectivity index (χ4n) is 6.47. The molecule has 1 heterocycles. The number of amides is 1. The van der Waals surface area contributed by atoms with Crippen LogP contribution >= 0.6 is 0 Å². The van der Waals surface area contributed by atoms with E-state index in [-0.39, 0.29) is 0 Å². The Morgan fingerprint density at radius 2 is 1.43 bits per heavy atom. The minimum absolute atomic E-state index is 0.400. The number of hydrogen-bond donors (Lipinski definition) is 1. The quantitative estimate of drug-likeness (QED) is 0.122. The van der Waals surface area contributed by atoms with Gasteiger partial charge in [-0.25, -0.2) is 4.79 Å². The van der Waals surface area contributed by atoms with E-state index >= 15 is 0 Å². The lowest BCUT2D eigenvalue weighted by atomic mass is 9.80. The van der Waals surface area contributed by atoms with Gasteiger partial charge < -0.3 is 14.6 Å². The van der Waals surface area contributed by atoms with Crippen LogP contribution in [0.4, 0.5) is 0 Å². The third kappa shape index (κ3) is 10.00. The van der Waals surface area contributed by atoms with Gasteiger partial charge in [0.1, 0.15) is 5.75 Å². The summed E-state index contributed by atoms with van der Waals surface area (Å²) in [5.74, 6) is -1.52. The summed E-state index contributed by atoms with van der Waals surface area (Å²) in [5.41, 5.74) is 6.12. The van der Waals surface area contributed by atoms with Crippen molar-refractivity contribution in [3.63, 3.8) is 0 Å². The molecule has 0 radical (unpaired) electrons. The molecule has 0 fully saturated rings. The number of unbranched alkanes of at least 4 members (excludes halogenated alkanes) is 12. The molecule has 1 unspecified atom stereocenters. The number of methoxy groups -OCH3 is 2. The van der Waals surface area contributed by atoms with E-state index in [1.54, 1.807) is 14.2 Å². The number of carbonyl (C=O) groups excluding carboxylic acids is 1. The zero-order chi connectivity index (χ0) is 30.9. The molecule has 1 amide bonds. The number of carboxylic acid groups (broad SMARTS) is 1. The Bertz CT molecular complexity index is 1060. The molecule has 0 saturated carbocycles. The number of aliphatic carboxylic acids is 1. The van der Waals surface area contributed by atoms with E-state index in [1.165, 1.54) is 87.5 Å². The normalized spacial score (nSPS) is 15.5. The van der Waals surface area contributed by atoms with Crippen molar-refractivity contribution in [2.75, 3.05) is 20.8 Å². The molecule has 1 N–H and O–H groups in total. The van der Waals surface area contributed by atoms with Gasteiger partial charge in [0, 0.05) is 18.4 Å². The van der Waals surface area contributed by atoms with Gasteiger partial charge in [0.25, 0.3) is 0 Å². The van der Waals surface area contributed by atoms with Crippen molar-refractivity contribution in [1.82, 2.24) is 4.90 Å². The van der Waals surface area contributed by atoms with E-state index in [0.717, 1.165) is 40.9 Å². The van der Waals surface area contributed by atoms with Crippen molar-refractivity contribution in [1.29, 1.82) is 0 Å². The van der Waals surface area contributed by atoms with E-state index in [9.17, 15) is 14.7 Å². The van der Waals surface area contributed by atoms with E-state index < -0.39 is 17.9 Å². The van der Waals surface area contributed by atoms with Crippen LogP contribution in [0.3, 0.4) is 0 Å². The summed E-state index contributed by atoms with van der Waals surface area (Å²) in [4.78, 5) is 26.0. The SMILES string of the molecule is CCCCCCCCCCCCCCCc1cccc(OC)c1C1=C(CCOC)C(C)N(C(=O)C(=O)O)C(C)=C1CC. The minimum atomic E-state index is -1.44. The zero-order valence-electron chi connectivity index (χ0n) is 27.4. The molecular weight excluding hydrogens is 526 g/mol. The Balaban J connectivity index is 2.17. The van der Waals surface area contributed by atoms with Crippen molar-refractivity contribution in [2.24, 2.45) is 0 Å². The lowest BCUT2D eigenvalue weighted by molar-refractivity contribution is -0.155. The maximum Gasteiger partial charge on any atom is 0.394 e. The van der Waals surface area contributed by atoms with Crippen molar-refractivity contribution >= 4 is 17.4 Å². The fourth-order valence-corrected chi connectivity index (χ4v) is 6.47. The number of benzene rings is 1. The fraction of sp³-hybridized carbons (Fsp3) is 0.667. The first kappa shape index (κ1) is 35.6. The summed E-state index contributed by atoms with van der Waals surface area (Å²) in [6.07, 6.45) is 19.5. The molecule has 236 valence electrons. The summed E-state index contributed by atoms with van der Waals surface area (Å²) in [7, 11) is 3.37. The molecular formula is C36H57NO5. The molecule has 0 bridgehead atoms. The Hall–Kier alpha value is -2.60. The Morgan fingerprint density at radius 1 is 0.857 bits per heavy atom. The first-order valence-electron chi connectivity index (χ1n) is 16.5. The van der Waals surface area contributed by atoms with Crippen molar-refractivity contribution in [3.8, 4) is 5.75 Å². The molecule has 0 spiro atoms. The lowest BCUT2D eigenvalue weighted by Gasteiger charge is -2.39. The van der Waals surface area contributed by atoms with Crippen LogP contribution in [0, 0.1) is 0 Å². The Kier molecular flexibility index (Phi) is 16.6. The number of allylic oxidation sites excluding steroid dienone is 3. The maximum absolute atomic E-state index is 12.8. The first-order valence-corrected chi connectivity index (χ1v) is 16.5. The summed E-state index contributed by atoms with van der Waals surface area (Å²) in [6.45, 7) is 8.60. The van der Waals surface area contributed by atoms with Crippen molar-refractivity contribution in [3.05, 3.63) is 46.2 Å². The van der Waals surface area contributed by atoms with E-state index in [0.29, 0.717) is 25.1 Å². The Morgan fingerprint density at radius 3 is 1.93 bits per heavy atom. The summed E-state index contributed by atoms with van der Waals surface area (Å²) in [5, 5.41) is 9.57. The van der Waals surface area contributed by atoms with Gasteiger partial charge in [-0.1, -0.05) is 103 Å². The van der Waals surface area contributed by atoms with Gasteiger partial charge in [0.15, 0.2) is 0 Å². The Labute approximate surface area is 255 Å². The van der Waals surface area contributed by atoms with Crippen LogP contribution < -0.4 is 4.74 Å². The number of hydrogen-bond acceptors (Lipinski definition) is 4. The molecule has 42 heavy (non-hydrogen) atoms. The topological polar surface area (TPSA) is 76.1 Å².